The van der Waals surface area contributed by atoms with Crippen molar-refractivity contribution in [3.8, 4) is 0 Å². The van der Waals surface area contributed by atoms with Gasteiger partial charge < -0.3 is 15.4 Å². The summed E-state index contributed by atoms with van der Waals surface area (Å²) in [6.07, 6.45) is 4.36. The molecule has 1 aliphatic heterocycles. The fourth-order valence-corrected chi connectivity index (χ4v) is 3.82. The Kier molecular flexibility index (Phi) is 6.88. The Bertz CT molecular complexity index is 789. The molecule has 2 atom stereocenters. The quantitative estimate of drug-likeness (QED) is 0.698. The molecule has 0 aliphatic carbocycles. The normalized spacial score (nSPS) is 17.5. The molecular weight excluding hydrogens is 384 g/mol. The molecule has 5 nitrogen and oxygen atoms in total. The molecule has 1 aliphatic rings. The number of carbonyl (C=O) groups is 2. The van der Waals surface area contributed by atoms with Crippen molar-refractivity contribution in [2.45, 2.75) is 44.8 Å². The second-order valence-corrected chi connectivity index (χ2v) is 8.07. The van der Waals surface area contributed by atoms with E-state index in [9.17, 15) is 9.59 Å². The molecule has 1 saturated heterocycles. The zero-order valence-corrected chi connectivity index (χ0v) is 16.7. The number of benzene rings is 1. The number of hydrogen-bond acceptors (Lipinski definition) is 4. The molecule has 3 rings (SSSR count). The van der Waals surface area contributed by atoms with Crippen molar-refractivity contribution in [3.05, 3.63) is 51.2 Å². The molecule has 2 N–H and O–H groups in total. The Morgan fingerprint density at radius 3 is 2.89 bits per heavy atom. The summed E-state index contributed by atoms with van der Waals surface area (Å²) in [7, 11) is 0. The lowest BCUT2D eigenvalue weighted by atomic mass is 10.1. The van der Waals surface area contributed by atoms with Gasteiger partial charge >= 0.3 is 0 Å². The summed E-state index contributed by atoms with van der Waals surface area (Å²) in [5.41, 5.74) is 0.888. The van der Waals surface area contributed by atoms with Crippen LogP contribution in [0.5, 0.6) is 0 Å². The van der Waals surface area contributed by atoms with E-state index >= 15 is 0 Å². The molecule has 0 saturated carbocycles. The van der Waals surface area contributed by atoms with Gasteiger partial charge in [-0.15, -0.1) is 11.3 Å². The van der Waals surface area contributed by atoms with Crippen LogP contribution in [0.25, 0.3) is 0 Å². The maximum Gasteiger partial charge on any atom is 0.265 e. The van der Waals surface area contributed by atoms with Gasteiger partial charge in [0, 0.05) is 18.2 Å². The second-order valence-electron chi connectivity index (χ2n) is 6.71. The predicted octanol–water partition coefficient (Wildman–Crippen LogP) is 4.73. The molecular formula is C20H23ClN2O3S. The monoisotopic (exact) mass is 406 g/mol. The summed E-state index contributed by atoms with van der Waals surface area (Å²) in [5, 5.41) is 7.99. The van der Waals surface area contributed by atoms with Crippen molar-refractivity contribution in [3.63, 3.8) is 0 Å². The number of nitrogens with one attached hydrogen (secondary N) is 2. The van der Waals surface area contributed by atoms with Gasteiger partial charge in [-0.1, -0.05) is 17.7 Å². The highest BCUT2D eigenvalue weighted by atomic mass is 35.5. The fraction of sp³-hybridized carbons (Fsp3) is 0.400. The third-order valence-corrected chi connectivity index (χ3v) is 5.74. The van der Waals surface area contributed by atoms with Crippen LogP contribution in [0.3, 0.4) is 0 Å². The highest BCUT2D eigenvalue weighted by Crippen LogP contribution is 2.25. The van der Waals surface area contributed by atoms with Gasteiger partial charge in [0.2, 0.25) is 0 Å². The maximum absolute atomic E-state index is 12.5. The molecule has 0 radical (unpaired) electrons. The van der Waals surface area contributed by atoms with E-state index in [1.807, 2.05) is 18.4 Å². The fourth-order valence-electron chi connectivity index (χ4n) is 3.04. The lowest BCUT2D eigenvalue weighted by Gasteiger charge is -2.17. The van der Waals surface area contributed by atoms with E-state index < -0.39 is 0 Å². The largest absolute Gasteiger partial charge is 0.378 e. The number of amides is 2. The minimum Gasteiger partial charge on any atom is -0.378 e. The van der Waals surface area contributed by atoms with E-state index in [2.05, 4.69) is 10.6 Å². The number of hydrogen-bond donors (Lipinski definition) is 2. The first-order valence-corrected chi connectivity index (χ1v) is 10.4. The van der Waals surface area contributed by atoms with Gasteiger partial charge in [-0.25, -0.2) is 0 Å². The van der Waals surface area contributed by atoms with Gasteiger partial charge in [-0.2, -0.15) is 0 Å². The zero-order valence-electron chi connectivity index (χ0n) is 15.2. The molecule has 1 aromatic heterocycles. The van der Waals surface area contributed by atoms with Gasteiger partial charge in [0.15, 0.2) is 0 Å². The van der Waals surface area contributed by atoms with Crippen LogP contribution in [-0.4, -0.2) is 30.6 Å². The SMILES string of the molecule is CC(CCC1CCCO1)NC(=O)c1ccc(Cl)c(NC(=O)c2cccs2)c1. The maximum atomic E-state index is 12.5. The molecule has 144 valence electrons. The van der Waals surface area contributed by atoms with E-state index in [-0.39, 0.29) is 17.9 Å². The molecule has 1 aromatic carbocycles. The first-order chi connectivity index (χ1) is 13.0. The van der Waals surface area contributed by atoms with Crippen molar-refractivity contribution >= 4 is 40.4 Å². The average Bonchev–Trinajstić information content (AvgIpc) is 3.35. The minimum absolute atomic E-state index is 0.0431. The van der Waals surface area contributed by atoms with Crippen LogP contribution in [0.15, 0.2) is 35.7 Å². The van der Waals surface area contributed by atoms with E-state index in [4.69, 9.17) is 16.3 Å². The molecule has 0 bridgehead atoms. The summed E-state index contributed by atoms with van der Waals surface area (Å²) in [6.45, 7) is 2.83. The van der Waals surface area contributed by atoms with Crippen LogP contribution in [0.2, 0.25) is 5.02 Å². The molecule has 1 fully saturated rings. The van der Waals surface area contributed by atoms with Crippen LogP contribution in [0, 0.1) is 0 Å². The van der Waals surface area contributed by atoms with Crippen molar-refractivity contribution in [2.75, 3.05) is 11.9 Å². The topological polar surface area (TPSA) is 67.4 Å². The molecule has 2 aromatic rings. The number of anilines is 1. The average molecular weight is 407 g/mol. The third kappa shape index (κ3) is 5.54. The summed E-state index contributed by atoms with van der Waals surface area (Å²) in [6, 6.07) is 8.48. The van der Waals surface area contributed by atoms with Gasteiger partial charge in [-0.3, -0.25) is 9.59 Å². The summed E-state index contributed by atoms with van der Waals surface area (Å²) in [5.74, 6) is -0.424. The van der Waals surface area contributed by atoms with Gasteiger partial charge in [-0.05, 0) is 62.3 Å². The molecule has 7 heteroatoms. The Labute approximate surface area is 168 Å². The highest BCUT2D eigenvalue weighted by molar-refractivity contribution is 7.12. The van der Waals surface area contributed by atoms with Crippen LogP contribution in [-0.2, 0) is 4.74 Å². The second kappa shape index (κ2) is 9.35. The van der Waals surface area contributed by atoms with Crippen molar-refractivity contribution in [1.82, 2.24) is 5.32 Å². The smallest absolute Gasteiger partial charge is 0.265 e. The number of ether oxygens (including phenoxy) is 1. The van der Waals surface area contributed by atoms with Crippen LogP contribution in [0.4, 0.5) is 5.69 Å². The molecule has 27 heavy (non-hydrogen) atoms. The Hall–Kier alpha value is -1.89. The molecule has 0 spiro atoms. The molecule has 2 amide bonds. The highest BCUT2D eigenvalue weighted by Gasteiger charge is 2.18. The van der Waals surface area contributed by atoms with E-state index in [1.165, 1.54) is 11.3 Å². The Morgan fingerprint density at radius 1 is 1.33 bits per heavy atom. The van der Waals surface area contributed by atoms with Crippen LogP contribution >= 0.6 is 22.9 Å². The van der Waals surface area contributed by atoms with Gasteiger partial charge in [0.1, 0.15) is 0 Å². The predicted molar refractivity (Wildman–Crippen MR) is 109 cm³/mol. The van der Waals surface area contributed by atoms with Gasteiger partial charge in [0.05, 0.1) is 21.7 Å². The van der Waals surface area contributed by atoms with Crippen LogP contribution < -0.4 is 10.6 Å². The summed E-state index contributed by atoms with van der Waals surface area (Å²) in [4.78, 5) is 25.3. The number of rotatable bonds is 7. The van der Waals surface area contributed by atoms with E-state index in [0.29, 0.717) is 27.3 Å². The first kappa shape index (κ1) is 19.9. The number of halogens is 1. The Balaban J connectivity index is 1.58. The molecule has 2 unspecified atom stereocenters. The van der Waals surface area contributed by atoms with Crippen molar-refractivity contribution < 1.29 is 14.3 Å². The van der Waals surface area contributed by atoms with E-state index in [0.717, 1.165) is 32.3 Å². The third-order valence-electron chi connectivity index (χ3n) is 4.54. The summed E-state index contributed by atoms with van der Waals surface area (Å²) >= 11 is 7.52. The number of carbonyl (C=O) groups excluding carboxylic acids is 2. The van der Waals surface area contributed by atoms with Crippen molar-refractivity contribution in [1.29, 1.82) is 0 Å². The van der Waals surface area contributed by atoms with Gasteiger partial charge in [0.25, 0.3) is 11.8 Å². The van der Waals surface area contributed by atoms with E-state index in [1.54, 1.807) is 24.3 Å². The first-order valence-electron chi connectivity index (χ1n) is 9.10. The summed E-state index contributed by atoms with van der Waals surface area (Å²) < 4.78 is 5.62. The lowest BCUT2D eigenvalue weighted by Crippen LogP contribution is -2.33. The van der Waals surface area contributed by atoms with Crippen molar-refractivity contribution in [2.24, 2.45) is 0 Å². The molecule has 2 heterocycles. The minimum atomic E-state index is -0.241. The standard InChI is InChI=1S/C20H23ClN2O3S/c1-13(6-8-15-4-2-10-26-15)22-19(24)14-7-9-16(21)17(12-14)23-20(25)18-5-3-11-27-18/h3,5,7,9,11-13,15H,2,4,6,8,10H2,1H3,(H,22,24)(H,23,25). The zero-order chi connectivity index (χ0) is 19.2. The number of thiophene rings is 1. The van der Waals surface area contributed by atoms with Crippen LogP contribution in [0.1, 0.15) is 52.6 Å². The lowest BCUT2D eigenvalue weighted by molar-refractivity contribution is 0.0899. The Morgan fingerprint density at radius 2 is 2.19 bits per heavy atom.